The molecule has 2 N–H and O–H groups in total. The van der Waals surface area contributed by atoms with Crippen molar-refractivity contribution in [3.63, 3.8) is 0 Å². The van der Waals surface area contributed by atoms with Gasteiger partial charge in [0.05, 0.1) is 5.69 Å². The van der Waals surface area contributed by atoms with Crippen molar-refractivity contribution in [1.82, 2.24) is 20.2 Å². The number of nitrogens with zero attached hydrogens (tertiary/aromatic N) is 4. The molecule has 2 aromatic rings. The minimum atomic E-state index is 0.119. The van der Waals surface area contributed by atoms with Gasteiger partial charge in [0.2, 0.25) is 5.95 Å². The van der Waals surface area contributed by atoms with Crippen molar-refractivity contribution in [2.75, 3.05) is 11.9 Å². The molecule has 0 aliphatic heterocycles. The molecule has 1 aromatic heterocycles. The maximum atomic E-state index is 8.85. The zero-order valence-electron chi connectivity index (χ0n) is 9.61. The topological polar surface area (TPSA) is 75.9 Å². The average Bonchev–Trinajstić information content (AvgIpc) is 2.78. The zero-order valence-corrected chi connectivity index (χ0v) is 9.61. The predicted octanol–water partition coefficient (Wildman–Crippen LogP) is 0.845. The van der Waals surface area contributed by atoms with Gasteiger partial charge in [-0.25, -0.2) is 0 Å². The number of anilines is 1. The van der Waals surface area contributed by atoms with Crippen LogP contribution in [0.3, 0.4) is 0 Å². The Kier molecular flexibility index (Phi) is 3.66. The number of tetrazole rings is 1. The Morgan fingerprint density at radius 3 is 2.82 bits per heavy atom. The van der Waals surface area contributed by atoms with Crippen LogP contribution in [0.2, 0.25) is 0 Å². The van der Waals surface area contributed by atoms with Gasteiger partial charge in [-0.1, -0.05) is 23.3 Å². The third kappa shape index (κ3) is 2.79. The van der Waals surface area contributed by atoms with E-state index in [1.165, 1.54) is 0 Å². The molecule has 0 aliphatic carbocycles. The highest BCUT2D eigenvalue weighted by molar-refractivity contribution is 5.38. The Bertz CT molecular complexity index is 456. The summed E-state index contributed by atoms with van der Waals surface area (Å²) in [5.74, 6) is 0.581. The van der Waals surface area contributed by atoms with Crippen LogP contribution in [0.1, 0.15) is 13.3 Å². The lowest BCUT2D eigenvalue weighted by atomic mass is 10.2. The number of aliphatic hydroxyl groups is 1. The second-order valence-electron chi connectivity index (χ2n) is 3.81. The normalized spacial score (nSPS) is 12.4. The lowest BCUT2D eigenvalue weighted by Gasteiger charge is -2.12. The Balaban J connectivity index is 2.18. The van der Waals surface area contributed by atoms with Gasteiger partial charge in [-0.15, -0.1) is 0 Å². The van der Waals surface area contributed by atoms with Crippen molar-refractivity contribution in [3.8, 4) is 5.69 Å². The van der Waals surface area contributed by atoms with E-state index >= 15 is 0 Å². The molecule has 2 rings (SSSR count). The summed E-state index contributed by atoms with van der Waals surface area (Å²) in [5, 5.41) is 23.5. The van der Waals surface area contributed by atoms with Gasteiger partial charge in [-0.3, -0.25) is 0 Å². The van der Waals surface area contributed by atoms with Crippen LogP contribution in [-0.4, -0.2) is 38.0 Å². The van der Waals surface area contributed by atoms with Gasteiger partial charge in [0, 0.05) is 12.6 Å². The number of rotatable bonds is 5. The summed E-state index contributed by atoms with van der Waals surface area (Å²) in [4.78, 5) is 0. The van der Waals surface area contributed by atoms with Crippen LogP contribution in [0.25, 0.3) is 5.69 Å². The molecule has 6 heteroatoms. The van der Waals surface area contributed by atoms with Crippen molar-refractivity contribution in [2.24, 2.45) is 0 Å². The minimum Gasteiger partial charge on any atom is -0.396 e. The molecule has 0 amide bonds. The van der Waals surface area contributed by atoms with Crippen LogP contribution in [-0.2, 0) is 0 Å². The molecule has 6 nitrogen and oxygen atoms in total. The fourth-order valence-corrected chi connectivity index (χ4v) is 1.51. The van der Waals surface area contributed by atoms with E-state index < -0.39 is 0 Å². The monoisotopic (exact) mass is 233 g/mol. The molecule has 1 aromatic carbocycles. The van der Waals surface area contributed by atoms with Crippen LogP contribution in [0.5, 0.6) is 0 Å². The maximum absolute atomic E-state index is 8.85. The van der Waals surface area contributed by atoms with E-state index in [0.29, 0.717) is 12.4 Å². The molecule has 0 bridgehead atoms. The van der Waals surface area contributed by atoms with Crippen molar-refractivity contribution < 1.29 is 5.11 Å². The first-order chi connectivity index (χ1) is 8.31. The van der Waals surface area contributed by atoms with Gasteiger partial charge in [-0.05, 0) is 35.9 Å². The largest absolute Gasteiger partial charge is 0.396 e. The summed E-state index contributed by atoms with van der Waals surface area (Å²) in [5.41, 5.74) is 0.899. The lowest BCUT2D eigenvalue weighted by molar-refractivity contribution is 0.282. The summed E-state index contributed by atoms with van der Waals surface area (Å²) in [6.45, 7) is 2.11. The van der Waals surface area contributed by atoms with Gasteiger partial charge in [-0.2, -0.15) is 4.68 Å². The van der Waals surface area contributed by atoms with Gasteiger partial charge in [0.1, 0.15) is 0 Å². The molecule has 0 radical (unpaired) electrons. The zero-order chi connectivity index (χ0) is 12.1. The van der Waals surface area contributed by atoms with Gasteiger partial charge >= 0.3 is 0 Å². The summed E-state index contributed by atoms with van der Waals surface area (Å²) in [6.07, 6.45) is 0.654. The van der Waals surface area contributed by atoms with E-state index in [1.54, 1.807) is 4.68 Å². The van der Waals surface area contributed by atoms with E-state index in [9.17, 15) is 0 Å². The molecule has 1 unspecified atom stereocenters. The number of nitrogens with one attached hydrogen (secondary N) is 1. The maximum Gasteiger partial charge on any atom is 0.247 e. The number of hydrogen-bond donors (Lipinski definition) is 2. The van der Waals surface area contributed by atoms with Gasteiger partial charge < -0.3 is 10.4 Å². The van der Waals surface area contributed by atoms with Crippen LogP contribution in [0.15, 0.2) is 30.3 Å². The van der Waals surface area contributed by atoms with Crippen molar-refractivity contribution in [2.45, 2.75) is 19.4 Å². The van der Waals surface area contributed by atoms with Crippen molar-refractivity contribution >= 4 is 5.95 Å². The molecule has 17 heavy (non-hydrogen) atoms. The number of aliphatic hydroxyl groups excluding tert-OH is 1. The number of aromatic nitrogens is 4. The minimum absolute atomic E-state index is 0.119. The summed E-state index contributed by atoms with van der Waals surface area (Å²) in [6, 6.07) is 9.77. The third-order valence-corrected chi connectivity index (χ3v) is 2.41. The first-order valence-corrected chi connectivity index (χ1v) is 5.52. The van der Waals surface area contributed by atoms with Gasteiger partial charge in [0.15, 0.2) is 0 Å². The predicted molar refractivity (Wildman–Crippen MR) is 63.9 cm³/mol. The van der Waals surface area contributed by atoms with E-state index in [0.717, 1.165) is 5.69 Å². The first kappa shape index (κ1) is 11.5. The van der Waals surface area contributed by atoms with Crippen molar-refractivity contribution in [1.29, 1.82) is 0 Å². The second kappa shape index (κ2) is 5.40. The van der Waals surface area contributed by atoms with Crippen molar-refractivity contribution in [3.05, 3.63) is 30.3 Å². The van der Waals surface area contributed by atoms with E-state index in [-0.39, 0.29) is 12.6 Å². The molecule has 0 aliphatic rings. The number of benzene rings is 1. The molecule has 0 saturated heterocycles. The Morgan fingerprint density at radius 2 is 2.12 bits per heavy atom. The Morgan fingerprint density at radius 1 is 1.35 bits per heavy atom. The molecule has 1 atom stereocenters. The third-order valence-electron chi connectivity index (χ3n) is 2.41. The SMILES string of the molecule is CC(CCO)Nc1nnnn1-c1ccccc1. The van der Waals surface area contributed by atoms with Crippen LogP contribution in [0.4, 0.5) is 5.95 Å². The molecular formula is C11H15N5O. The number of para-hydroxylation sites is 1. The fourth-order valence-electron chi connectivity index (χ4n) is 1.51. The molecular weight excluding hydrogens is 218 g/mol. The first-order valence-electron chi connectivity index (χ1n) is 5.52. The summed E-state index contributed by atoms with van der Waals surface area (Å²) in [7, 11) is 0. The Labute approximate surface area is 99.3 Å². The molecule has 0 spiro atoms. The van der Waals surface area contributed by atoms with E-state index in [2.05, 4.69) is 20.8 Å². The highest BCUT2D eigenvalue weighted by Gasteiger charge is 2.10. The molecule has 1 heterocycles. The van der Waals surface area contributed by atoms with Crippen LogP contribution in [0, 0.1) is 0 Å². The quantitative estimate of drug-likeness (QED) is 0.800. The standard InChI is InChI=1S/C11H15N5O/c1-9(7-8-17)12-11-13-14-15-16(11)10-5-3-2-4-6-10/h2-6,9,17H,7-8H2,1H3,(H,12,13,15). The highest BCUT2D eigenvalue weighted by atomic mass is 16.3. The summed E-state index contributed by atoms with van der Waals surface area (Å²) < 4.78 is 1.63. The van der Waals surface area contributed by atoms with E-state index in [4.69, 9.17) is 5.11 Å². The lowest BCUT2D eigenvalue weighted by Crippen LogP contribution is -2.19. The second-order valence-corrected chi connectivity index (χ2v) is 3.81. The van der Waals surface area contributed by atoms with Crippen LogP contribution < -0.4 is 5.32 Å². The van der Waals surface area contributed by atoms with Crippen LogP contribution >= 0.6 is 0 Å². The number of hydrogen-bond acceptors (Lipinski definition) is 5. The highest BCUT2D eigenvalue weighted by Crippen LogP contribution is 2.11. The Hall–Kier alpha value is -1.95. The summed E-state index contributed by atoms with van der Waals surface area (Å²) >= 11 is 0. The van der Waals surface area contributed by atoms with Gasteiger partial charge in [0.25, 0.3) is 0 Å². The molecule has 0 fully saturated rings. The average molecular weight is 233 g/mol. The molecule has 90 valence electrons. The van der Waals surface area contributed by atoms with E-state index in [1.807, 2.05) is 37.3 Å². The smallest absolute Gasteiger partial charge is 0.247 e. The molecule has 0 saturated carbocycles. The fraction of sp³-hybridized carbons (Fsp3) is 0.364.